The van der Waals surface area contributed by atoms with Crippen LogP contribution in [0.4, 0.5) is 5.82 Å². The van der Waals surface area contributed by atoms with Crippen molar-refractivity contribution in [2.75, 3.05) is 11.4 Å². The van der Waals surface area contributed by atoms with Crippen LogP contribution in [0.1, 0.15) is 44.9 Å². The van der Waals surface area contributed by atoms with Crippen LogP contribution >= 0.6 is 0 Å². The fraction of sp³-hybridized carbons (Fsp3) is 0.750. The molecule has 116 valence electrons. The van der Waals surface area contributed by atoms with Gasteiger partial charge in [0.1, 0.15) is 0 Å². The zero-order valence-corrected chi connectivity index (χ0v) is 12.8. The maximum absolute atomic E-state index is 4.60. The van der Waals surface area contributed by atoms with Crippen molar-refractivity contribution >= 4 is 11.5 Å². The molecule has 4 unspecified atom stereocenters. The average molecular weight is 298 g/mol. The van der Waals surface area contributed by atoms with Gasteiger partial charge in [-0.15, -0.1) is 14.8 Å². The Kier molecular flexibility index (Phi) is 2.85. The van der Waals surface area contributed by atoms with Gasteiger partial charge >= 0.3 is 0 Å². The molecule has 3 aliphatic rings. The minimum Gasteiger partial charge on any atom is -0.352 e. The van der Waals surface area contributed by atoms with Crippen molar-refractivity contribution in [2.45, 2.75) is 51.0 Å². The first-order valence-corrected chi connectivity index (χ1v) is 8.69. The highest BCUT2D eigenvalue weighted by Gasteiger charge is 2.41. The van der Waals surface area contributed by atoms with E-state index in [1.54, 1.807) is 4.63 Å². The normalized spacial score (nSPS) is 34.1. The van der Waals surface area contributed by atoms with Gasteiger partial charge in [-0.1, -0.05) is 6.42 Å². The second-order valence-corrected chi connectivity index (χ2v) is 7.38. The average Bonchev–Trinajstić information content (AvgIpc) is 3.31. The molecule has 5 rings (SSSR count). The summed E-state index contributed by atoms with van der Waals surface area (Å²) < 4.78 is 1.54. The smallest absolute Gasteiger partial charge is 0.200 e. The highest BCUT2D eigenvalue weighted by Crippen LogP contribution is 2.50. The van der Waals surface area contributed by atoms with Crippen LogP contribution in [-0.2, 0) is 0 Å². The molecule has 2 aliphatic carbocycles. The van der Waals surface area contributed by atoms with Crippen LogP contribution in [0.3, 0.4) is 0 Å². The second-order valence-electron chi connectivity index (χ2n) is 7.38. The zero-order chi connectivity index (χ0) is 14.5. The van der Waals surface area contributed by atoms with E-state index in [1.807, 2.05) is 6.07 Å². The lowest BCUT2D eigenvalue weighted by molar-refractivity contribution is 0.294. The van der Waals surface area contributed by atoms with Crippen LogP contribution in [0, 0.1) is 17.8 Å². The molecule has 6 heteroatoms. The van der Waals surface area contributed by atoms with E-state index in [-0.39, 0.29) is 0 Å². The molecule has 4 atom stereocenters. The van der Waals surface area contributed by atoms with Gasteiger partial charge in [-0.25, -0.2) is 0 Å². The SMILES string of the molecule is c1cc2nnnn2nc1N1CCCC1CC1CC2CCC1C2. The summed E-state index contributed by atoms with van der Waals surface area (Å²) in [5, 5.41) is 16.1. The quantitative estimate of drug-likeness (QED) is 0.870. The monoisotopic (exact) mass is 298 g/mol. The molecule has 0 N–H and O–H groups in total. The molecule has 0 aromatic carbocycles. The van der Waals surface area contributed by atoms with Crippen molar-refractivity contribution in [3.8, 4) is 0 Å². The number of rotatable bonds is 3. The van der Waals surface area contributed by atoms with Gasteiger partial charge in [0.25, 0.3) is 0 Å². The molecule has 0 amide bonds. The summed E-state index contributed by atoms with van der Waals surface area (Å²) in [4.78, 5) is 2.49. The molecule has 2 bridgehead atoms. The third-order valence-corrected chi connectivity index (χ3v) is 6.19. The lowest BCUT2D eigenvalue weighted by Gasteiger charge is -2.30. The second kappa shape index (κ2) is 4.89. The van der Waals surface area contributed by atoms with Gasteiger partial charge in [-0.3, -0.25) is 0 Å². The summed E-state index contributed by atoms with van der Waals surface area (Å²) in [5.41, 5.74) is 0.715. The van der Waals surface area contributed by atoms with E-state index in [2.05, 4.69) is 31.6 Å². The first-order valence-electron chi connectivity index (χ1n) is 8.69. The van der Waals surface area contributed by atoms with Crippen molar-refractivity contribution in [2.24, 2.45) is 17.8 Å². The molecule has 2 saturated carbocycles. The van der Waals surface area contributed by atoms with E-state index in [9.17, 15) is 0 Å². The van der Waals surface area contributed by atoms with Crippen molar-refractivity contribution in [3.05, 3.63) is 12.1 Å². The van der Waals surface area contributed by atoms with Crippen LogP contribution in [0.25, 0.3) is 5.65 Å². The standard InChI is InChI=1S/C16H22N6/c1-2-14(10-13-9-11-3-4-12(13)8-11)21(7-1)16-6-5-15-17-19-20-22(15)18-16/h5-6,11-14H,1-4,7-10H2. The summed E-state index contributed by atoms with van der Waals surface area (Å²) >= 11 is 0. The number of nitrogens with zero attached hydrogens (tertiary/aromatic N) is 6. The Hall–Kier alpha value is -1.72. The van der Waals surface area contributed by atoms with Crippen LogP contribution in [0.5, 0.6) is 0 Å². The van der Waals surface area contributed by atoms with E-state index in [4.69, 9.17) is 0 Å². The Morgan fingerprint density at radius 3 is 3.00 bits per heavy atom. The third-order valence-electron chi connectivity index (χ3n) is 6.19. The van der Waals surface area contributed by atoms with Gasteiger partial charge in [0.05, 0.1) is 0 Å². The molecule has 6 nitrogen and oxygen atoms in total. The predicted octanol–water partition coefficient (Wildman–Crippen LogP) is 2.31. The van der Waals surface area contributed by atoms with Crippen molar-refractivity contribution in [1.29, 1.82) is 0 Å². The minimum atomic E-state index is 0.658. The fourth-order valence-corrected chi connectivity index (χ4v) is 5.19. The highest BCUT2D eigenvalue weighted by atomic mass is 15.6. The first kappa shape index (κ1) is 12.8. The molecular weight excluding hydrogens is 276 g/mol. The predicted molar refractivity (Wildman–Crippen MR) is 82.5 cm³/mol. The van der Waals surface area contributed by atoms with Crippen LogP contribution in [-0.4, -0.2) is 37.8 Å². The molecule has 1 saturated heterocycles. The molecule has 2 aromatic heterocycles. The van der Waals surface area contributed by atoms with Gasteiger partial charge in [0.2, 0.25) is 0 Å². The van der Waals surface area contributed by atoms with Gasteiger partial charge in [-0.2, -0.15) is 0 Å². The lowest BCUT2D eigenvalue weighted by atomic mass is 9.84. The van der Waals surface area contributed by atoms with E-state index in [1.165, 1.54) is 44.9 Å². The largest absolute Gasteiger partial charge is 0.352 e. The van der Waals surface area contributed by atoms with Crippen molar-refractivity contribution < 1.29 is 0 Å². The Morgan fingerprint density at radius 1 is 1.14 bits per heavy atom. The Balaban J connectivity index is 1.36. The van der Waals surface area contributed by atoms with Crippen molar-refractivity contribution in [3.63, 3.8) is 0 Å². The van der Waals surface area contributed by atoms with E-state index in [0.29, 0.717) is 11.7 Å². The van der Waals surface area contributed by atoms with E-state index >= 15 is 0 Å². The molecule has 1 aliphatic heterocycles. The molecule has 0 radical (unpaired) electrons. The minimum absolute atomic E-state index is 0.658. The fourth-order valence-electron chi connectivity index (χ4n) is 5.19. The topological polar surface area (TPSA) is 59.2 Å². The number of hydrogen-bond acceptors (Lipinski definition) is 5. The molecule has 3 fully saturated rings. The van der Waals surface area contributed by atoms with Crippen LogP contribution in [0.15, 0.2) is 12.1 Å². The zero-order valence-electron chi connectivity index (χ0n) is 12.8. The maximum Gasteiger partial charge on any atom is 0.200 e. The molecular formula is C16H22N6. The molecule has 2 aromatic rings. The van der Waals surface area contributed by atoms with E-state index < -0.39 is 0 Å². The summed E-state index contributed by atoms with van der Waals surface area (Å²) in [6.45, 7) is 1.12. The number of fused-ring (bicyclic) bond motifs is 3. The highest BCUT2D eigenvalue weighted by molar-refractivity contribution is 5.45. The number of hydrogen-bond donors (Lipinski definition) is 0. The third kappa shape index (κ3) is 2.00. The Bertz CT molecular complexity index is 682. The maximum atomic E-state index is 4.60. The molecule has 0 spiro atoms. The van der Waals surface area contributed by atoms with Gasteiger partial charge < -0.3 is 4.90 Å². The van der Waals surface area contributed by atoms with Gasteiger partial charge in [-0.05, 0) is 78.8 Å². The van der Waals surface area contributed by atoms with Gasteiger partial charge in [0.15, 0.2) is 11.5 Å². The van der Waals surface area contributed by atoms with Crippen LogP contribution in [0.2, 0.25) is 0 Å². The number of anilines is 1. The summed E-state index contributed by atoms with van der Waals surface area (Å²) in [7, 11) is 0. The number of tetrazole rings is 1. The lowest BCUT2D eigenvalue weighted by Crippen LogP contribution is -2.33. The Morgan fingerprint density at radius 2 is 2.14 bits per heavy atom. The van der Waals surface area contributed by atoms with Crippen LogP contribution < -0.4 is 4.90 Å². The summed E-state index contributed by atoms with van der Waals surface area (Å²) in [6, 6.07) is 4.70. The molecule has 22 heavy (non-hydrogen) atoms. The first-order chi connectivity index (χ1) is 10.9. The Labute approximate surface area is 129 Å². The van der Waals surface area contributed by atoms with Crippen molar-refractivity contribution in [1.82, 2.24) is 25.3 Å². The summed E-state index contributed by atoms with van der Waals surface area (Å²) in [6.07, 6.45) is 9.91. The summed E-state index contributed by atoms with van der Waals surface area (Å²) in [5.74, 6) is 4.05. The molecule has 3 heterocycles. The van der Waals surface area contributed by atoms with Gasteiger partial charge in [0, 0.05) is 12.6 Å². The van der Waals surface area contributed by atoms with E-state index in [0.717, 1.165) is 30.1 Å². The number of aromatic nitrogens is 5.